The molecule has 674 valence electrons. The molecule has 0 saturated heterocycles. The van der Waals surface area contributed by atoms with E-state index in [1.54, 1.807) is 34.6 Å². The molecular weight excluding hydrogens is 1490 g/mol. The first kappa shape index (κ1) is 110. The molecule has 8 fully saturated rings. The Labute approximate surface area is 698 Å². The van der Waals surface area contributed by atoms with Crippen molar-refractivity contribution < 1.29 is 91.3 Å². The van der Waals surface area contributed by atoms with Crippen molar-refractivity contribution in [2.75, 3.05) is 79.5 Å². The Morgan fingerprint density at radius 2 is 0.888 bits per heavy atom. The average Bonchev–Trinajstić information content (AvgIpc) is 1.63. The number of aliphatic hydroxyl groups is 3. The van der Waals surface area contributed by atoms with Gasteiger partial charge in [0.15, 0.2) is 0 Å². The molecule has 3 unspecified atom stereocenters. The zero-order chi connectivity index (χ0) is 88.7. The van der Waals surface area contributed by atoms with Crippen LogP contribution in [0.5, 0.6) is 5.75 Å². The van der Waals surface area contributed by atoms with Crippen molar-refractivity contribution in [3.63, 3.8) is 0 Å². The first-order valence-electron chi connectivity index (χ1n) is 44.2. The van der Waals surface area contributed by atoms with E-state index in [9.17, 15) is 61.4 Å². The number of hydrogen-bond acceptors (Lipinski definition) is 14. The van der Waals surface area contributed by atoms with Crippen LogP contribution in [-0.4, -0.2) is 236 Å². The molecule has 0 heterocycles. The zero-order valence-electron chi connectivity index (χ0n) is 76.0. The number of aliphatic carboxylic acids is 2. The number of nitrogens with zero attached hydrogens (tertiary/aromatic N) is 6. The maximum Gasteiger partial charge on any atom is 0.310 e. The van der Waals surface area contributed by atoms with Crippen molar-refractivity contribution in [3.05, 3.63) is 29.8 Å². The molecule has 25 heteroatoms. The minimum Gasteiger partial charge on any atom is -0.494 e. The zero-order valence-corrected chi connectivity index (χ0v) is 76.0. The third kappa shape index (κ3) is 50.7. The van der Waals surface area contributed by atoms with Crippen LogP contribution >= 0.6 is 0 Å². The smallest absolute Gasteiger partial charge is 0.310 e. The van der Waals surface area contributed by atoms with Crippen molar-refractivity contribution in [3.8, 4) is 5.75 Å². The first-order chi connectivity index (χ1) is 54.5. The second-order valence-electron chi connectivity index (χ2n) is 36.0. The van der Waals surface area contributed by atoms with Crippen LogP contribution in [0.25, 0.3) is 0 Å². The number of methoxy groups -OCH3 is 1. The van der Waals surface area contributed by atoms with Gasteiger partial charge in [-0.3, -0.25) is 51.9 Å². The van der Waals surface area contributed by atoms with Gasteiger partial charge in [-0.1, -0.05) is 122 Å². The van der Waals surface area contributed by atoms with E-state index < -0.39 is 53.8 Å². The third-order valence-corrected chi connectivity index (χ3v) is 19.9. The summed E-state index contributed by atoms with van der Waals surface area (Å²) >= 11 is 0. The van der Waals surface area contributed by atoms with E-state index in [1.807, 2.05) is 76.2 Å². The SMILES string of the molecule is CC(C)C.CC(CF)CF.CC1CC1F.CCCCOc1cccc(C)c1.CCCN(C(=O)CC(C)(C)C(=O)O)C1CC1.CCCN(C(=O)CC(C)(C)CO)C1CC1.CCCN(C(=O)CC(C)(C)O)C1CC1.CCCN(C(=O)CC(C)C(=O)OC)C1CC1.CCCN(C(=O)CC1(C(=O)O)CC1)C1CC1.CCCN(C(=O)CCO)C1CC1. The van der Waals surface area contributed by atoms with E-state index in [0.29, 0.717) is 61.4 Å². The number of carbonyl (C=O) groups excluding carboxylic acids is 7. The number of carboxylic acid groups (broad SMARTS) is 2. The van der Waals surface area contributed by atoms with Gasteiger partial charge in [-0.05, 0) is 211 Å². The number of alkyl halides is 3. The molecular formula is C91H163F3N6O16. The molecule has 22 nitrogen and oxygen atoms in total. The van der Waals surface area contributed by atoms with Crippen molar-refractivity contribution in [2.24, 2.45) is 39.9 Å². The number of amides is 6. The van der Waals surface area contributed by atoms with E-state index >= 15 is 0 Å². The van der Waals surface area contributed by atoms with Gasteiger partial charge in [0.1, 0.15) is 11.9 Å². The van der Waals surface area contributed by atoms with Crippen LogP contribution in [0, 0.1) is 46.8 Å². The number of halogens is 3. The summed E-state index contributed by atoms with van der Waals surface area (Å²) in [5.74, 6) is -0.00816. The standard InChI is InChI=1S/C12H19NO3.2C12H21NO3.C12H23NO2.C11H21NO2.C11H16O.C9H17NO2.C4H8F2.C4H7F.C4H10/c1-2-7-13(9-3-4-9)10(14)8-12(5-6-12)11(15)16;1-4-7-13(9-5-6-9)10(14)8-12(2,3)11(15)16;1-4-7-13(10-5-6-10)11(14)8-9(2)12(15)16-3;1-4-7-13(10-5-6-10)11(15)8-12(2,3)9-14;1-4-7-12(9-5-6-9)10(13)8-11(2,3)14;1-3-4-8-12-11-7-5-6-10(2)9-11;1-2-6-10(8-3-4-8)9(12)5-7-11;1-4(2-5)3-6;1-3-2-4(3)5;1-4(2)3/h9H,2-8H2,1H3,(H,15,16);9H,4-8H2,1-3H3,(H,15,16);9-10H,4-8H2,1-3H3;10,14H,4-9H2,1-3H3;9,14H,4-8H2,1-3H3;5-7,9H,3-4,8H2,1-2H3;8,11H,2-7H2,1H3;4H,2-3H2,1H3;3-4H,2H2,1H3;4H,1-3H3. The molecule has 1 aromatic rings. The van der Waals surface area contributed by atoms with Crippen LogP contribution < -0.4 is 4.74 Å². The molecule has 6 amide bonds. The summed E-state index contributed by atoms with van der Waals surface area (Å²) in [4.78, 5) is 116. The molecule has 0 aromatic heterocycles. The lowest BCUT2D eigenvalue weighted by Gasteiger charge is -2.27. The lowest BCUT2D eigenvalue weighted by Crippen LogP contribution is -2.38. The topological polar surface area (TPSA) is 293 Å². The van der Waals surface area contributed by atoms with Crippen LogP contribution in [-0.2, 0) is 47.9 Å². The molecule has 0 spiro atoms. The van der Waals surface area contributed by atoms with E-state index in [2.05, 4.69) is 79.2 Å². The van der Waals surface area contributed by atoms with Gasteiger partial charge in [0.25, 0.3) is 0 Å². The van der Waals surface area contributed by atoms with E-state index in [4.69, 9.17) is 25.2 Å². The summed E-state index contributed by atoms with van der Waals surface area (Å²) in [6, 6.07) is 10.8. The van der Waals surface area contributed by atoms with Gasteiger partial charge in [0.05, 0.1) is 62.4 Å². The number of hydrogen-bond donors (Lipinski definition) is 5. The highest BCUT2D eigenvalue weighted by molar-refractivity contribution is 5.88. The highest BCUT2D eigenvalue weighted by Crippen LogP contribution is 2.50. The van der Waals surface area contributed by atoms with Gasteiger partial charge in [-0.15, -0.1) is 0 Å². The number of benzene rings is 1. The molecule has 0 radical (unpaired) electrons. The average molecular weight is 1650 g/mol. The fourth-order valence-electron chi connectivity index (χ4n) is 11.7. The summed E-state index contributed by atoms with van der Waals surface area (Å²) in [6.45, 7) is 43.4. The van der Waals surface area contributed by atoms with Crippen molar-refractivity contribution >= 4 is 53.4 Å². The predicted octanol–water partition coefficient (Wildman–Crippen LogP) is 17.0. The van der Waals surface area contributed by atoms with Crippen LogP contribution in [0.1, 0.15) is 323 Å². The first-order valence-corrected chi connectivity index (χ1v) is 44.2. The Balaban J connectivity index is 0.00000129. The molecule has 9 rings (SSSR count). The normalized spacial score (nSPS) is 17.3. The van der Waals surface area contributed by atoms with Gasteiger partial charge < -0.3 is 64.4 Å². The molecule has 0 aliphatic heterocycles. The van der Waals surface area contributed by atoms with Gasteiger partial charge in [0, 0.05) is 120 Å². The Kier molecular flexibility index (Phi) is 54.9. The molecule has 0 bridgehead atoms. The third-order valence-electron chi connectivity index (χ3n) is 19.9. The number of carboxylic acids is 2. The number of rotatable bonds is 40. The lowest BCUT2D eigenvalue weighted by atomic mass is 9.89. The van der Waals surface area contributed by atoms with Gasteiger partial charge in [-0.25, -0.2) is 4.39 Å². The summed E-state index contributed by atoms with van der Waals surface area (Å²) < 4.78 is 43.9. The van der Waals surface area contributed by atoms with Crippen molar-refractivity contribution in [1.29, 1.82) is 0 Å². The molecule has 8 aliphatic rings. The van der Waals surface area contributed by atoms with Gasteiger partial charge in [0.2, 0.25) is 35.4 Å². The quantitative estimate of drug-likeness (QED) is 0.0301. The van der Waals surface area contributed by atoms with Crippen LogP contribution in [0.2, 0.25) is 0 Å². The minimum atomic E-state index is -0.960. The molecule has 1 aromatic carbocycles. The number of aliphatic hydroxyl groups excluding tert-OH is 2. The van der Waals surface area contributed by atoms with Crippen molar-refractivity contribution in [1.82, 2.24) is 29.4 Å². The maximum absolute atomic E-state index is 12.0. The second kappa shape index (κ2) is 58.0. The monoisotopic (exact) mass is 1650 g/mol. The Morgan fingerprint density at radius 3 is 1.16 bits per heavy atom. The van der Waals surface area contributed by atoms with Crippen molar-refractivity contribution in [2.45, 2.75) is 373 Å². The summed E-state index contributed by atoms with van der Waals surface area (Å²) in [6.07, 6.45) is 24.8. The van der Waals surface area contributed by atoms with Crippen LogP contribution in [0.15, 0.2) is 24.3 Å². The highest BCUT2D eigenvalue weighted by Gasteiger charge is 2.53. The summed E-state index contributed by atoms with van der Waals surface area (Å²) in [5, 5.41) is 45.3. The number of unbranched alkanes of at least 4 members (excludes halogenated alkanes) is 1. The number of ether oxygens (including phenoxy) is 2. The second-order valence-corrected chi connectivity index (χ2v) is 36.0. The largest absolute Gasteiger partial charge is 0.494 e. The van der Waals surface area contributed by atoms with E-state index in [1.165, 1.54) is 26.0 Å². The Morgan fingerprint density at radius 1 is 0.543 bits per heavy atom. The Bertz CT molecular complexity index is 2880. The number of esters is 1. The van der Waals surface area contributed by atoms with Crippen LogP contribution in [0.4, 0.5) is 13.2 Å². The van der Waals surface area contributed by atoms with Gasteiger partial charge >= 0.3 is 17.9 Å². The minimum absolute atomic E-state index is 0.0169. The summed E-state index contributed by atoms with van der Waals surface area (Å²) in [5.41, 5.74) is -1.57. The van der Waals surface area contributed by atoms with Gasteiger partial charge in [-0.2, -0.15) is 0 Å². The fraction of sp³-hybridized carbons (Fsp3) is 0.835. The number of carbonyl (C=O) groups is 9. The van der Waals surface area contributed by atoms with E-state index in [0.717, 1.165) is 186 Å². The lowest BCUT2D eigenvalue weighted by molar-refractivity contribution is -0.151. The molecule has 5 N–H and O–H groups in total. The molecule has 8 saturated carbocycles. The molecule has 3 atom stereocenters. The fourth-order valence-corrected chi connectivity index (χ4v) is 11.7. The highest BCUT2D eigenvalue weighted by atomic mass is 19.1. The van der Waals surface area contributed by atoms with Crippen LogP contribution in [0.3, 0.4) is 0 Å². The van der Waals surface area contributed by atoms with E-state index in [-0.39, 0.29) is 98.1 Å². The number of aryl methyl sites for hydroxylation is 1. The Hall–Kier alpha value is -6.08. The molecule has 8 aliphatic carbocycles. The predicted molar refractivity (Wildman–Crippen MR) is 456 cm³/mol. The summed E-state index contributed by atoms with van der Waals surface area (Å²) in [7, 11) is 1.36. The maximum atomic E-state index is 12.0. The molecule has 116 heavy (non-hydrogen) atoms.